The van der Waals surface area contributed by atoms with Gasteiger partial charge in [-0.05, 0) is 18.2 Å². The van der Waals surface area contributed by atoms with Crippen LogP contribution in [0.5, 0.6) is 11.6 Å². The van der Waals surface area contributed by atoms with Crippen LogP contribution in [-0.4, -0.2) is 29.1 Å². The average Bonchev–Trinajstić information content (AvgIpc) is 2.51. The molecule has 0 unspecified atom stereocenters. The SMILES string of the molecule is O=C(NCCOc1ccc(C(F)(F)F)cn1)c1ccc(O)cc1F. The van der Waals surface area contributed by atoms with E-state index >= 15 is 0 Å². The molecule has 2 rings (SSSR count). The molecule has 1 aromatic carbocycles. The van der Waals surface area contributed by atoms with Crippen molar-refractivity contribution in [1.82, 2.24) is 10.3 Å². The summed E-state index contributed by atoms with van der Waals surface area (Å²) < 4.78 is 55.6. The molecule has 2 aromatic rings. The van der Waals surface area contributed by atoms with Gasteiger partial charge in [-0.15, -0.1) is 0 Å². The number of phenols is 1. The fourth-order valence-electron chi connectivity index (χ4n) is 1.74. The molecule has 2 N–H and O–H groups in total. The van der Waals surface area contributed by atoms with Gasteiger partial charge in [0.05, 0.1) is 17.7 Å². The number of carbonyl (C=O) groups excluding carboxylic acids is 1. The molecule has 0 aliphatic carbocycles. The maximum absolute atomic E-state index is 13.5. The summed E-state index contributed by atoms with van der Waals surface area (Å²) in [5.74, 6) is -1.93. The molecular formula is C15H12F4N2O3. The third-order valence-corrected chi connectivity index (χ3v) is 2.90. The quantitative estimate of drug-likeness (QED) is 0.646. The zero-order valence-corrected chi connectivity index (χ0v) is 12.1. The lowest BCUT2D eigenvalue weighted by atomic mass is 10.2. The summed E-state index contributed by atoms with van der Waals surface area (Å²) in [5.41, 5.74) is -1.15. The summed E-state index contributed by atoms with van der Waals surface area (Å²) in [7, 11) is 0. The number of nitrogens with one attached hydrogen (secondary N) is 1. The van der Waals surface area contributed by atoms with Gasteiger partial charge in [0.25, 0.3) is 5.91 Å². The molecule has 0 saturated carbocycles. The van der Waals surface area contributed by atoms with Crippen LogP contribution in [0.4, 0.5) is 17.6 Å². The number of halogens is 4. The number of hydrogen-bond acceptors (Lipinski definition) is 4. The van der Waals surface area contributed by atoms with Crippen LogP contribution in [0.1, 0.15) is 15.9 Å². The largest absolute Gasteiger partial charge is 0.508 e. The maximum atomic E-state index is 13.5. The molecule has 0 atom stereocenters. The molecular weight excluding hydrogens is 332 g/mol. The maximum Gasteiger partial charge on any atom is 0.417 e. The van der Waals surface area contributed by atoms with Crippen molar-refractivity contribution in [1.29, 1.82) is 0 Å². The van der Waals surface area contributed by atoms with Gasteiger partial charge in [-0.25, -0.2) is 9.37 Å². The van der Waals surface area contributed by atoms with Crippen LogP contribution in [0, 0.1) is 5.82 Å². The molecule has 24 heavy (non-hydrogen) atoms. The molecule has 0 radical (unpaired) electrons. The van der Waals surface area contributed by atoms with Crippen molar-refractivity contribution in [3.63, 3.8) is 0 Å². The fraction of sp³-hybridized carbons (Fsp3) is 0.200. The highest BCUT2D eigenvalue weighted by Gasteiger charge is 2.30. The predicted molar refractivity (Wildman–Crippen MR) is 75.1 cm³/mol. The van der Waals surface area contributed by atoms with Crippen LogP contribution in [0.2, 0.25) is 0 Å². The summed E-state index contributed by atoms with van der Waals surface area (Å²) in [5, 5.41) is 11.4. The number of amides is 1. The van der Waals surface area contributed by atoms with E-state index < -0.39 is 23.5 Å². The minimum Gasteiger partial charge on any atom is -0.508 e. The highest BCUT2D eigenvalue weighted by atomic mass is 19.4. The number of phenolic OH excluding ortho intramolecular Hbond substituents is 1. The van der Waals surface area contributed by atoms with Crippen molar-refractivity contribution < 1.29 is 32.2 Å². The van der Waals surface area contributed by atoms with Crippen molar-refractivity contribution in [3.8, 4) is 11.6 Å². The first-order valence-corrected chi connectivity index (χ1v) is 6.70. The Morgan fingerprint density at radius 2 is 2.00 bits per heavy atom. The second kappa shape index (κ2) is 7.16. The summed E-state index contributed by atoms with van der Waals surface area (Å²) in [6, 6.07) is 4.98. The number of nitrogens with zero attached hydrogens (tertiary/aromatic N) is 1. The summed E-state index contributed by atoms with van der Waals surface area (Å²) in [4.78, 5) is 15.2. The third-order valence-electron chi connectivity index (χ3n) is 2.90. The first-order valence-electron chi connectivity index (χ1n) is 6.70. The number of pyridine rings is 1. The zero-order chi connectivity index (χ0) is 17.7. The fourth-order valence-corrected chi connectivity index (χ4v) is 1.74. The number of hydrogen-bond donors (Lipinski definition) is 2. The summed E-state index contributed by atoms with van der Waals surface area (Å²) in [6.07, 6.45) is -3.84. The average molecular weight is 344 g/mol. The van der Waals surface area contributed by atoms with Crippen LogP contribution in [0.3, 0.4) is 0 Å². The zero-order valence-electron chi connectivity index (χ0n) is 12.1. The van der Waals surface area contributed by atoms with Gasteiger partial charge >= 0.3 is 6.18 Å². The lowest BCUT2D eigenvalue weighted by Gasteiger charge is -2.09. The molecule has 0 aliphatic rings. The number of ether oxygens (including phenoxy) is 1. The number of aromatic nitrogens is 1. The lowest BCUT2D eigenvalue weighted by Crippen LogP contribution is -2.28. The Labute approximate surface area is 133 Å². The van der Waals surface area contributed by atoms with Gasteiger partial charge < -0.3 is 15.2 Å². The van der Waals surface area contributed by atoms with Gasteiger partial charge in [-0.1, -0.05) is 0 Å². The van der Waals surface area contributed by atoms with Gasteiger partial charge in [0, 0.05) is 18.3 Å². The second-order valence-electron chi connectivity index (χ2n) is 4.65. The number of carbonyl (C=O) groups is 1. The van der Waals surface area contributed by atoms with Gasteiger partial charge in [0.15, 0.2) is 0 Å². The molecule has 9 heteroatoms. The minimum atomic E-state index is -4.48. The van der Waals surface area contributed by atoms with E-state index in [1.165, 1.54) is 6.07 Å². The minimum absolute atomic E-state index is 0.0121. The van der Waals surface area contributed by atoms with E-state index in [0.29, 0.717) is 6.20 Å². The molecule has 0 bridgehead atoms. The van der Waals surface area contributed by atoms with E-state index in [9.17, 15) is 22.4 Å². The van der Waals surface area contributed by atoms with Gasteiger partial charge in [-0.3, -0.25) is 4.79 Å². The van der Waals surface area contributed by atoms with Crippen molar-refractivity contribution in [2.24, 2.45) is 0 Å². The molecule has 5 nitrogen and oxygen atoms in total. The van der Waals surface area contributed by atoms with Crippen LogP contribution in [-0.2, 0) is 6.18 Å². The smallest absolute Gasteiger partial charge is 0.417 e. The second-order valence-corrected chi connectivity index (χ2v) is 4.65. The number of rotatable bonds is 5. The lowest BCUT2D eigenvalue weighted by molar-refractivity contribution is -0.137. The Hall–Kier alpha value is -2.84. The molecule has 0 fully saturated rings. The molecule has 0 saturated heterocycles. The van der Waals surface area contributed by atoms with E-state index in [1.807, 2.05) is 0 Å². The monoisotopic (exact) mass is 344 g/mol. The van der Waals surface area contributed by atoms with Gasteiger partial charge in [0.1, 0.15) is 18.2 Å². The van der Waals surface area contributed by atoms with Crippen molar-refractivity contribution >= 4 is 5.91 Å². The Morgan fingerprint density at radius 1 is 1.25 bits per heavy atom. The molecule has 1 aromatic heterocycles. The van der Waals surface area contributed by atoms with Crippen LogP contribution < -0.4 is 10.1 Å². The van der Waals surface area contributed by atoms with E-state index in [-0.39, 0.29) is 30.3 Å². The first-order chi connectivity index (χ1) is 11.3. The van der Waals surface area contributed by atoms with Crippen molar-refractivity contribution in [2.75, 3.05) is 13.2 Å². The predicted octanol–water partition coefficient (Wildman–Crippen LogP) is 2.75. The molecule has 128 valence electrons. The Bertz CT molecular complexity index is 718. The van der Waals surface area contributed by atoms with Crippen LogP contribution in [0.25, 0.3) is 0 Å². The third kappa shape index (κ3) is 4.58. The topological polar surface area (TPSA) is 71.5 Å². The Kier molecular flexibility index (Phi) is 5.22. The van der Waals surface area contributed by atoms with E-state index in [2.05, 4.69) is 10.3 Å². The molecule has 1 heterocycles. The van der Waals surface area contributed by atoms with Gasteiger partial charge in [-0.2, -0.15) is 13.2 Å². The number of aromatic hydroxyl groups is 1. The van der Waals surface area contributed by atoms with Crippen molar-refractivity contribution in [2.45, 2.75) is 6.18 Å². The standard InChI is InChI=1S/C15H12F4N2O3/c16-12-7-10(22)2-3-11(12)14(23)20-5-6-24-13-4-1-9(8-21-13)15(17,18)19/h1-4,7-8,22H,5-6H2,(H,20,23). The van der Waals surface area contributed by atoms with Crippen LogP contribution in [0.15, 0.2) is 36.5 Å². The first kappa shape index (κ1) is 17.5. The molecule has 0 spiro atoms. The Morgan fingerprint density at radius 3 is 2.58 bits per heavy atom. The van der Waals surface area contributed by atoms with Gasteiger partial charge in [0.2, 0.25) is 5.88 Å². The van der Waals surface area contributed by atoms with Crippen molar-refractivity contribution in [3.05, 3.63) is 53.5 Å². The van der Waals surface area contributed by atoms with E-state index in [1.54, 1.807) is 0 Å². The summed E-state index contributed by atoms with van der Waals surface area (Å²) in [6.45, 7) is -0.0777. The van der Waals surface area contributed by atoms with E-state index in [0.717, 1.165) is 24.3 Å². The number of benzene rings is 1. The Balaban J connectivity index is 1.81. The van der Waals surface area contributed by atoms with E-state index in [4.69, 9.17) is 9.84 Å². The number of alkyl halides is 3. The summed E-state index contributed by atoms with van der Waals surface area (Å²) >= 11 is 0. The molecule has 0 aliphatic heterocycles. The van der Waals surface area contributed by atoms with Crippen LogP contribution >= 0.6 is 0 Å². The highest BCUT2D eigenvalue weighted by molar-refractivity contribution is 5.94. The highest BCUT2D eigenvalue weighted by Crippen LogP contribution is 2.29. The normalized spacial score (nSPS) is 11.2. The molecule has 1 amide bonds.